The lowest BCUT2D eigenvalue weighted by Gasteiger charge is -2.13. The molecule has 1 aromatic heterocycles. The van der Waals surface area contributed by atoms with Gasteiger partial charge in [-0.25, -0.2) is 8.78 Å². The molecule has 2 aromatic rings. The van der Waals surface area contributed by atoms with Gasteiger partial charge in [0.2, 0.25) is 0 Å². The SMILES string of the molecule is CC1CCCC1.CCC(CF)NSc1ccc(/C(C)=C(\C#N)c2cc(F)c(OC(F)F)cc2C)nc1.CCCC. The van der Waals surface area contributed by atoms with Gasteiger partial charge in [0.15, 0.2) is 11.6 Å². The van der Waals surface area contributed by atoms with Crippen LogP contribution in [0.5, 0.6) is 5.75 Å². The average Bonchev–Trinajstić information content (AvgIpc) is 3.43. The van der Waals surface area contributed by atoms with Crippen LogP contribution in [0.4, 0.5) is 17.6 Å². The molecule has 1 aliphatic carbocycles. The van der Waals surface area contributed by atoms with Crippen LogP contribution in [0.2, 0.25) is 0 Å². The van der Waals surface area contributed by atoms with Crippen molar-refractivity contribution in [2.45, 2.75) is 104 Å². The molecule has 9 heteroatoms. The first-order valence-corrected chi connectivity index (χ1v) is 14.7. The minimum atomic E-state index is -3.15. The Balaban J connectivity index is 0.000000672. The predicted molar refractivity (Wildman–Crippen MR) is 157 cm³/mol. The molecular weight excluding hydrogens is 538 g/mol. The number of allylic oxidation sites excluding steroid dienone is 2. The Morgan fingerprint density at radius 1 is 1.18 bits per heavy atom. The Morgan fingerprint density at radius 2 is 1.82 bits per heavy atom. The van der Waals surface area contributed by atoms with Crippen LogP contribution in [0, 0.1) is 30.0 Å². The minimum absolute atomic E-state index is 0.171. The summed E-state index contributed by atoms with van der Waals surface area (Å²) in [6, 6.07) is 7.40. The monoisotopic (exact) mass is 581 g/mol. The number of aromatic nitrogens is 1. The molecule has 1 unspecified atom stereocenters. The largest absolute Gasteiger partial charge is 0.432 e. The van der Waals surface area contributed by atoms with E-state index in [4.69, 9.17) is 0 Å². The molecule has 1 saturated carbocycles. The zero-order valence-electron chi connectivity index (χ0n) is 24.5. The van der Waals surface area contributed by atoms with Crippen molar-refractivity contribution >= 4 is 23.1 Å². The third-order valence-electron chi connectivity index (χ3n) is 6.54. The summed E-state index contributed by atoms with van der Waals surface area (Å²) in [7, 11) is 0. The van der Waals surface area contributed by atoms with Crippen LogP contribution in [0.3, 0.4) is 0 Å². The second-order valence-corrected chi connectivity index (χ2v) is 10.7. The van der Waals surface area contributed by atoms with E-state index in [1.54, 1.807) is 32.2 Å². The highest BCUT2D eigenvalue weighted by Gasteiger charge is 2.17. The van der Waals surface area contributed by atoms with Crippen LogP contribution in [0.1, 0.15) is 96.4 Å². The number of nitriles is 1. The van der Waals surface area contributed by atoms with E-state index in [0.717, 1.165) is 22.9 Å². The first-order valence-electron chi connectivity index (χ1n) is 13.9. The van der Waals surface area contributed by atoms with Crippen molar-refractivity contribution in [1.82, 2.24) is 9.71 Å². The Morgan fingerprint density at radius 3 is 2.25 bits per heavy atom. The van der Waals surface area contributed by atoms with Crippen LogP contribution in [-0.4, -0.2) is 24.3 Å². The van der Waals surface area contributed by atoms with Crippen molar-refractivity contribution in [3.63, 3.8) is 0 Å². The summed E-state index contributed by atoms with van der Waals surface area (Å²) in [6.45, 7) is 8.21. The lowest BCUT2D eigenvalue weighted by molar-refractivity contribution is -0.0522. The summed E-state index contributed by atoms with van der Waals surface area (Å²) in [4.78, 5) is 5.10. The van der Waals surface area contributed by atoms with Gasteiger partial charge in [0, 0.05) is 17.1 Å². The van der Waals surface area contributed by atoms with Gasteiger partial charge in [-0.3, -0.25) is 9.71 Å². The van der Waals surface area contributed by atoms with E-state index in [-0.39, 0.29) is 17.2 Å². The third-order valence-corrected chi connectivity index (χ3v) is 7.47. The molecule has 1 N–H and O–H groups in total. The number of halogens is 4. The van der Waals surface area contributed by atoms with Gasteiger partial charge in [-0.1, -0.05) is 66.2 Å². The first kappa shape index (κ1) is 35.5. The highest BCUT2D eigenvalue weighted by atomic mass is 32.2. The van der Waals surface area contributed by atoms with E-state index in [9.17, 15) is 22.8 Å². The molecule has 0 saturated heterocycles. The Bertz CT molecular complexity index is 1080. The first-order chi connectivity index (χ1) is 19.1. The number of pyridine rings is 1. The minimum Gasteiger partial charge on any atom is -0.432 e. The summed E-state index contributed by atoms with van der Waals surface area (Å²) in [5.74, 6) is -0.516. The Hall–Kier alpha value is -2.57. The van der Waals surface area contributed by atoms with E-state index in [1.165, 1.54) is 50.5 Å². The molecular formula is C31H43F4N3OS. The molecule has 1 atom stereocenters. The molecule has 40 heavy (non-hydrogen) atoms. The molecule has 0 bridgehead atoms. The van der Waals surface area contributed by atoms with Crippen LogP contribution in [0.15, 0.2) is 35.4 Å². The summed E-state index contributed by atoms with van der Waals surface area (Å²) < 4.78 is 58.9. The molecule has 1 fully saturated rings. The molecule has 3 rings (SSSR count). The number of rotatable bonds is 10. The van der Waals surface area contributed by atoms with Crippen LogP contribution < -0.4 is 9.46 Å². The van der Waals surface area contributed by atoms with Crippen LogP contribution in [0.25, 0.3) is 11.1 Å². The van der Waals surface area contributed by atoms with Crippen molar-refractivity contribution in [2.24, 2.45) is 5.92 Å². The second kappa shape index (κ2) is 19.5. The van der Waals surface area contributed by atoms with Crippen molar-refractivity contribution in [3.8, 4) is 11.8 Å². The number of hydrogen-bond donors (Lipinski definition) is 1. The van der Waals surface area contributed by atoms with Gasteiger partial charge in [-0.15, -0.1) is 0 Å². The maximum absolute atomic E-state index is 14.2. The van der Waals surface area contributed by atoms with Gasteiger partial charge in [0.05, 0.1) is 11.3 Å². The Labute approximate surface area is 241 Å². The third kappa shape index (κ3) is 12.3. The van der Waals surface area contributed by atoms with Gasteiger partial charge < -0.3 is 4.74 Å². The van der Waals surface area contributed by atoms with Crippen LogP contribution >= 0.6 is 11.9 Å². The molecule has 1 aliphatic rings. The summed E-state index contributed by atoms with van der Waals surface area (Å²) in [5.41, 5.74) is 1.86. The molecule has 0 aliphatic heterocycles. The smallest absolute Gasteiger partial charge is 0.387 e. The van der Waals surface area contributed by atoms with Crippen molar-refractivity contribution < 1.29 is 22.3 Å². The highest BCUT2D eigenvalue weighted by molar-refractivity contribution is 7.97. The van der Waals surface area contributed by atoms with Gasteiger partial charge >= 0.3 is 6.61 Å². The van der Waals surface area contributed by atoms with E-state index < -0.39 is 24.9 Å². The molecule has 4 nitrogen and oxygen atoms in total. The number of alkyl halides is 3. The fraction of sp³-hybridized carbons (Fsp3) is 0.548. The van der Waals surface area contributed by atoms with E-state index in [0.29, 0.717) is 23.3 Å². The zero-order chi connectivity index (χ0) is 30.1. The maximum atomic E-state index is 14.2. The van der Waals surface area contributed by atoms with Crippen molar-refractivity contribution in [1.29, 1.82) is 5.26 Å². The average molecular weight is 582 g/mol. The number of unbranched alkanes of at least 4 members (excludes halogenated alkanes) is 1. The fourth-order valence-corrected chi connectivity index (χ4v) is 4.53. The summed E-state index contributed by atoms with van der Waals surface area (Å²) >= 11 is 1.26. The zero-order valence-corrected chi connectivity index (χ0v) is 25.3. The quantitative estimate of drug-likeness (QED) is 0.172. The van der Waals surface area contributed by atoms with Crippen molar-refractivity contribution in [3.05, 3.63) is 53.1 Å². The number of aryl methyl sites for hydroxylation is 1. The van der Waals surface area contributed by atoms with E-state index in [1.807, 2.05) is 13.0 Å². The van der Waals surface area contributed by atoms with Crippen molar-refractivity contribution in [2.75, 3.05) is 6.67 Å². The van der Waals surface area contributed by atoms with E-state index >= 15 is 0 Å². The van der Waals surface area contributed by atoms with E-state index in [2.05, 4.69) is 35.2 Å². The predicted octanol–water partition coefficient (Wildman–Crippen LogP) is 9.93. The van der Waals surface area contributed by atoms with Gasteiger partial charge in [-0.2, -0.15) is 14.0 Å². The fourth-order valence-electron chi connectivity index (χ4n) is 3.75. The molecule has 222 valence electrons. The number of ether oxygens (including phenoxy) is 1. The molecule has 1 aromatic carbocycles. The normalized spacial score (nSPS) is 14.3. The molecule has 0 amide bonds. The molecule has 0 spiro atoms. The van der Waals surface area contributed by atoms with Gasteiger partial charge in [-0.05, 0) is 79.1 Å². The van der Waals surface area contributed by atoms with Gasteiger partial charge in [0.1, 0.15) is 12.7 Å². The number of benzene rings is 1. The molecule has 0 radical (unpaired) electrons. The highest BCUT2D eigenvalue weighted by Crippen LogP contribution is 2.32. The maximum Gasteiger partial charge on any atom is 0.387 e. The number of nitrogens with zero attached hydrogens (tertiary/aromatic N) is 2. The standard InChI is InChI=1S/C21H21F4N3OS.C6H12.C4H10/c1-4-14(9-22)28-30-15-5-6-19(27-11-15)13(3)17(10-26)16-8-18(23)20(7-12(16)2)29-21(24)25;1-6-4-2-3-5-6;1-3-4-2/h5-8,11,14,21,28H,4,9H2,1-3H3;6H,2-5H2,1H3;3-4H2,1-2H3/b17-13+;;. The number of hydrogen-bond acceptors (Lipinski definition) is 5. The summed E-state index contributed by atoms with van der Waals surface area (Å²) in [6.07, 6.45) is 10.8. The van der Waals surface area contributed by atoms with Crippen LogP contribution in [-0.2, 0) is 0 Å². The Kier molecular flexibility index (Phi) is 17.3. The number of nitrogens with one attached hydrogen (secondary N) is 1. The topological polar surface area (TPSA) is 57.9 Å². The lowest BCUT2D eigenvalue weighted by Crippen LogP contribution is -2.23. The molecule has 1 heterocycles. The lowest BCUT2D eigenvalue weighted by atomic mass is 9.95. The van der Waals surface area contributed by atoms with Gasteiger partial charge in [0.25, 0.3) is 0 Å². The second-order valence-electron chi connectivity index (χ2n) is 9.84. The summed E-state index contributed by atoms with van der Waals surface area (Å²) in [5, 5.41) is 9.64.